The number of halogens is 8. The summed E-state index contributed by atoms with van der Waals surface area (Å²) in [4.78, 5) is 12.5. The van der Waals surface area contributed by atoms with Crippen LogP contribution in [0, 0.1) is 11.8 Å². The maximum atomic E-state index is 15.6. The second-order valence-electron chi connectivity index (χ2n) is 8.68. The van der Waals surface area contributed by atoms with Crippen molar-refractivity contribution in [3.05, 3.63) is 0 Å². The van der Waals surface area contributed by atoms with Gasteiger partial charge in [0.25, 0.3) is 0 Å². The van der Waals surface area contributed by atoms with Gasteiger partial charge in [-0.05, 0) is 26.2 Å². The minimum absolute atomic E-state index is 0.0573. The van der Waals surface area contributed by atoms with E-state index in [4.69, 9.17) is 4.74 Å². The van der Waals surface area contributed by atoms with Crippen molar-refractivity contribution in [3.63, 3.8) is 0 Å². The van der Waals surface area contributed by atoms with E-state index in [-0.39, 0.29) is 39.0 Å². The lowest BCUT2D eigenvalue weighted by molar-refractivity contribution is -0.520. The molecule has 0 bridgehead atoms. The van der Waals surface area contributed by atoms with E-state index in [2.05, 4.69) is 4.74 Å². The number of carbonyl (C=O) groups is 1. The van der Waals surface area contributed by atoms with E-state index in [1.165, 1.54) is 13.8 Å². The first-order valence-electron chi connectivity index (χ1n) is 10.0. The summed E-state index contributed by atoms with van der Waals surface area (Å²) in [7, 11) is 0. The second-order valence-corrected chi connectivity index (χ2v) is 8.68. The Balaban J connectivity index is 2.80. The Morgan fingerprint density at radius 2 is 1.61 bits per heavy atom. The van der Waals surface area contributed by atoms with Crippen molar-refractivity contribution in [2.24, 2.45) is 11.8 Å². The van der Waals surface area contributed by atoms with E-state index in [9.17, 15) is 36.2 Å². The topological polar surface area (TPSA) is 55.8 Å². The predicted octanol–water partition coefficient (Wildman–Crippen LogP) is 5.52. The van der Waals surface area contributed by atoms with E-state index in [1.807, 2.05) is 0 Å². The molecule has 0 radical (unpaired) electrons. The van der Waals surface area contributed by atoms with E-state index in [0.29, 0.717) is 6.42 Å². The molecule has 0 spiro atoms. The second kappa shape index (κ2) is 8.00. The zero-order valence-electron chi connectivity index (χ0n) is 17.3. The zero-order chi connectivity index (χ0) is 24.1. The summed E-state index contributed by atoms with van der Waals surface area (Å²) in [5.41, 5.74) is -7.42. The maximum Gasteiger partial charge on any atom is 0.449 e. The van der Waals surface area contributed by atoms with Gasteiger partial charge in [-0.2, -0.15) is 35.1 Å². The lowest BCUT2D eigenvalue weighted by atomic mass is 9.64. The van der Waals surface area contributed by atoms with Crippen LogP contribution in [-0.2, 0) is 14.3 Å². The number of ether oxygens (including phenoxy) is 2. The molecule has 2 rings (SSSR count). The molecule has 1 aliphatic carbocycles. The zero-order valence-corrected chi connectivity index (χ0v) is 17.3. The maximum absolute atomic E-state index is 15.6. The lowest BCUT2D eigenvalue weighted by Crippen LogP contribution is -2.80. The fraction of sp³-hybridized carbons (Fsp3) is 0.947. The summed E-state index contributed by atoms with van der Waals surface area (Å²) in [6.45, 7) is 2.88. The Hall–Kier alpha value is -1.17. The summed E-state index contributed by atoms with van der Waals surface area (Å²) in [6.07, 6.45) is -13.0. The van der Waals surface area contributed by atoms with E-state index >= 15 is 8.78 Å². The summed E-state index contributed by atoms with van der Waals surface area (Å²) < 4.78 is 122. The monoisotopic (exact) mass is 470 g/mol. The average Bonchev–Trinajstić information content (AvgIpc) is 2.64. The van der Waals surface area contributed by atoms with Crippen LogP contribution in [0.25, 0.3) is 0 Å². The molecule has 4 nitrogen and oxygen atoms in total. The highest BCUT2D eigenvalue weighted by atomic mass is 19.4. The number of carbonyl (C=O) groups excluding carboxylic acids is 1. The standard InChI is InChI=1S/C19H26F8O4/c1-4-11(2)13(28)30-15(12-8-6-5-7-9-12)10-14(3,18(22,23)24)31-17(29,16(15,20)21)19(25,26)27/h11-12,29H,4-10H2,1-3H3. The summed E-state index contributed by atoms with van der Waals surface area (Å²) in [6, 6.07) is 0. The molecule has 4 unspecified atom stereocenters. The van der Waals surface area contributed by atoms with Crippen molar-refractivity contribution >= 4 is 5.97 Å². The number of rotatable bonds is 4. The van der Waals surface area contributed by atoms with Crippen molar-refractivity contribution in [3.8, 4) is 0 Å². The largest absolute Gasteiger partial charge is 0.452 e. The Kier molecular flexibility index (Phi) is 6.73. The molecule has 1 saturated heterocycles. The molecule has 0 aromatic rings. The molecule has 2 fully saturated rings. The quantitative estimate of drug-likeness (QED) is 0.434. The third-order valence-electron chi connectivity index (χ3n) is 6.48. The van der Waals surface area contributed by atoms with Crippen molar-refractivity contribution in [1.29, 1.82) is 0 Å². The number of hydrogen-bond acceptors (Lipinski definition) is 4. The van der Waals surface area contributed by atoms with Gasteiger partial charge in [0, 0.05) is 12.3 Å². The molecule has 12 heteroatoms. The van der Waals surface area contributed by atoms with Crippen LogP contribution in [-0.4, -0.2) is 46.3 Å². The van der Waals surface area contributed by atoms with Crippen LogP contribution in [0.4, 0.5) is 35.1 Å². The van der Waals surface area contributed by atoms with Gasteiger partial charge in [-0.25, -0.2) is 0 Å². The SMILES string of the molecule is CCC(C)C(=O)OC1(C2CCCCC2)CC(C)(C(F)(F)F)OC(O)(C(F)(F)F)C1(F)F. The summed E-state index contributed by atoms with van der Waals surface area (Å²) >= 11 is 0. The van der Waals surface area contributed by atoms with Crippen molar-refractivity contribution in [2.45, 2.75) is 101 Å². The highest BCUT2D eigenvalue weighted by molar-refractivity contribution is 5.72. The first-order chi connectivity index (χ1) is 13.9. The van der Waals surface area contributed by atoms with Gasteiger partial charge in [0.05, 0.1) is 5.92 Å². The Bertz CT molecular complexity index is 673. The van der Waals surface area contributed by atoms with Crippen LogP contribution in [0.3, 0.4) is 0 Å². The molecule has 2 aliphatic rings. The lowest BCUT2D eigenvalue weighted by Gasteiger charge is -2.58. The van der Waals surface area contributed by atoms with E-state index in [0.717, 1.165) is 0 Å². The number of aliphatic hydroxyl groups is 1. The molecular weight excluding hydrogens is 444 g/mol. The van der Waals surface area contributed by atoms with E-state index in [1.54, 1.807) is 0 Å². The van der Waals surface area contributed by atoms with Gasteiger partial charge in [0.15, 0.2) is 11.2 Å². The van der Waals surface area contributed by atoms with Gasteiger partial charge in [-0.1, -0.05) is 33.1 Å². The van der Waals surface area contributed by atoms with Crippen LogP contribution in [0.1, 0.15) is 65.7 Å². The average molecular weight is 470 g/mol. The molecule has 1 heterocycles. The third kappa shape index (κ3) is 4.02. The Morgan fingerprint density at radius 1 is 1.10 bits per heavy atom. The predicted molar refractivity (Wildman–Crippen MR) is 91.0 cm³/mol. The molecule has 1 aliphatic heterocycles. The van der Waals surface area contributed by atoms with Crippen LogP contribution < -0.4 is 0 Å². The number of alkyl halides is 8. The first kappa shape index (κ1) is 26.1. The Labute approximate surface area is 174 Å². The summed E-state index contributed by atoms with van der Waals surface area (Å²) in [5, 5.41) is 10.0. The van der Waals surface area contributed by atoms with E-state index < -0.39 is 59.5 Å². The highest BCUT2D eigenvalue weighted by Gasteiger charge is 2.87. The molecule has 0 aromatic carbocycles. The molecule has 0 amide bonds. The highest BCUT2D eigenvalue weighted by Crippen LogP contribution is 2.63. The van der Waals surface area contributed by atoms with Crippen LogP contribution in [0.15, 0.2) is 0 Å². The van der Waals surface area contributed by atoms with Gasteiger partial charge in [-0.15, -0.1) is 0 Å². The molecule has 31 heavy (non-hydrogen) atoms. The Morgan fingerprint density at radius 3 is 2.03 bits per heavy atom. The fourth-order valence-electron chi connectivity index (χ4n) is 4.32. The smallest absolute Gasteiger partial charge is 0.449 e. The first-order valence-corrected chi connectivity index (χ1v) is 10.0. The molecule has 1 saturated carbocycles. The molecular formula is C19H26F8O4. The molecule has 0 aromatic heterocycles. The fourth-order valence-corrected chi connectivity index (χ4v) is 4.32. The van der Waals surface area contributed by atoms with Crippen molar-refractivity contribution in [1.82, 2.24) is 0 Å². The number of esters is 1. The van der Waals surface area contributed by atoms with Gasteiger partial charge in [0.2, 0.25) is 0 Å². The van der Waals surface area contributed by atoms with Gasteiger partial charge >= 0.3 is 30.0 Å². The van der Waals surface area contributed by atoms with Crippen LogP contribution >= 0.6 is 0 Å². The molecule has 1 N–H and O–H groups in total. The van der Waals surface area contributed by atoms with Gasteiger partial charge in [0.1, 0.15) is 0 Å². The molecule has 182 valence electrons. The van der Waals surface area contributed by atoms with Crippen molar-refractivity contribution in [2.75, 3.05) is 0 Å². The van der Waals surface area contributed by atoms with Gasteiger partial charge < -0.3 is 14.6 Å². The molecule has 4 atom stereocenters. The normalized spacial score (nSPS) is 36.1. The minimum atomic E-state index is -6.31. The number of hydrogen-bond donors (Lipinski definition) is 1. The van der Waals surface area contributed by atoms with Crippen LogP contribution in [0.2, 0.25) is 0 Å². The van der Waals surface area contributed by atoms with Gasteiger partial charge in [-0.3, -0.25) is 4.79 Å². The minimum Gasteiger partial charge on any atom is -0.452 e. The van der Waals surface area contributed by atoms with Crippen LogP contribution in [0.5, 0.6) is 0 Å². The third-order valence-corrected chi connectivity index (χ3v) is 6.48. The van der Waals surface area contributed by atoms with Crippen molar-refractivity contribution < 1.29 is 54.5 Å². The summed E-state index contributed by atoms with van der Waals surface area (Å²) in [5.74, 6) is -14.9.